The quantitative estimate of drug-likeness (QED) is 0.0495. The summed E-state index contributed by atoms with van der Waals surface area (Å²) < 4.78 is 30.5. The number of aromatic nitrogens is 2. The Morgan fingerprint density at radius 2 is 1.57 bits per heavy atom. The van der Waals surface area contributed by atoms with Crippen molar-refractivity contribution in [1.29, 1.82) is 0 Å². The number of carbonyl (C=O) groups is 1. The molecule has 2 N–H and O–H groups in total. The molecular formula is C40H39N3O11. The van der Waals surface area contributed by atoms with E-state index in [0.29, 0.717) is 28.0 Å². The van der Waals surface area contributed by atoms with Gasteiger partial charge in [-0.25, -0.2) is 9.59 Å². The highest BCUT2D eigenvalue weighted by molar-refractivity contribution is 5.64. The molecule has 0 bridgehead atoms. The Labute approximate surface area is 309 Å². The Balaban J connectivity index is 1.26. The molecule has 0 amide bonds. The summed E-state index contributed by atoms with van der Waals surface area (Å²) in [6.07, 6.45) is -2.19. The lowest BCUT2D eigenvalue weighted by molar-refractivity contribution is -0.385. The topological polar surface area (TPSA) is 181 Å². The number of hydrogen-bond donors (Lipinski definition) is 2. The molecule has 54 heavy (non-hydrogen) atoms. The SMILES string of the molecule is COc1ccc(C(OC[C@H]2O[C@@H](n3cc(C)c(=O)[nH]c3=O)C[C@@H]2O)(c2ccccc2)c2ccc(OC(=O)OCC(C)c3ccccc3[N+](=O)[O-])cc2)cc1. The molecule has 0 aliphatic carbocycles. The second-order valence-corrected chi connectivity index (χ2v) is 12.9. The molecule has 5 aromatic rings. The molecule has 1 aromatic heterocycles. The molecule has 280 valence electrons. The molecule has 2 heterocycles. The van der Waals surface area contributed by atoms with E-state index in [9.17, 15) is 29.6 Å². The van der Waals surface area contributed by atoms with Crippen LogP contribution in [0.4, 0.5) is 10.5 Å². The number of nitro benzene ring substituents is 1. The van der Waals surface area contributed by atoms with Gasteiger partial charge in [-0.3, -0.25) is 24.5 Å². The van der Waals surface area contributed by atoms with E-state index in [4.69, 9.17) is 23.7 Å². The molecule has 4 aromatic carbocycles. The van der Waals surface area contributed by atoms with Crippen molar-refractivity contribution in [3.05, 3.63) is 168 Å². The normalized spacial score (nSPS) is 18.3. The van der Waals surface area contributed by atoms with Gasteiger partial charge in [0.25, 0.3) is 11.2 Å². The molecule has 1 saturated heterocycles. The third kappa shape index (κ3) is 7.95. The predicted octanol–water partition coefficient (Wildman–Crippen LogP) is 5.74. The van der Waals surface area contributed by atoms with E-state index in [1.807, 2.05) is 42.5 Å². The third-order valence-electron chi connectivity index (χ3n) is 9.38. The van der Waals surface area contributed by atoms with Gasteiger partial charge in [-0.15, -0.1) is 0 Å². The standard InChI is InChI=1S/C40H39N3O11/c1-25-22-42(38(46)41-37(25)45)36-21-34(44)35(54-36)24-52-40(27-9-5-4-6-10-27,28-13-17-30(50-3)18-14-28)29-15-19-31(20-16-29)53-39(47)51-23-26(2)32-11-7-8-12-33(32)43(48)49/h4-20,22,26,34-36,44H,21,23-24H2,1-3H3,(H,41,45,46)/t26?,34-,35+,36+,40?/m0/s1. The maximum Gasteiger partial charge on any atom is 0.513 e. The Hall–Kier alpha value is -6.09. The molecule has 14 nitrogen and oxygen atoms in total. The van der Waals surface area contributed by atoms with Crippen LogP contribution in [0.15, 0.2) is 119 Å². The molecule has 1 aliphatic rings. The highest BCUT2D eigenvalue weighted by atomic mass is 16.7. The van der Waals surface area contributed by atoms with Crippen molar-refractivity contribution >= 4 is 11.8 Å². The number of methoxy groups -OCH3 is 1. The fourth-order valence-corrected chi connectivity index (χ4v) is 6.53. The van der Waals surface area contributed by atoms with Crippen molar-refractivity contribution in [3.63, 3.8) is 0 Å². The van der Waals surface area contributed by atoms with Crippen molar-refractivity contribution in [2.75, 3.05) is 20.3 Å². The van der Waals surface area contributed by atoms with Crippen LogP contribution in [0.25, 0.3) is 0 Å². The Bertz CT molecular complexity index is 2200. The lowest BCUT2D eigenvalue weighted by atomic mass is 9.80. The van der Waals surface area contributed by atoms with E-state index >= 15 is 0 Å². The number of nitrogens with one attached hydrogen (secondary N) is 1. The summed E-state index contributed by atoms with van der Waals surface area (Å²) in [6, 6.07) is 29.7. The van der Waals surface area contributed by atoms with Crippen LogP contribution in [0, 0.1) is 17.0 Å². The van der Waals surface area contributed by atoms with Crippen LogP contribution >= 0.6 is 0 Å². The number of carbonyl (C=O) groups excluding carboxylic acids is 1. The van der Waals surface area contributed by atoms with Crippen LogP contribution in [0.5, 0.6) is 11.5 Å². The van der Waals surface area contributed by atoms with Gasteiger partial charge in [0.15, 0.2) is 0 Å². The monoisotopic (exact) mass is 737 g/mol. The van der Waals surface area contributed by atoms with Crippen LogP contribution in [-0.2, 0) is 19.8 Å². The van der Waals surface area contributed by atoms with Crippen molar-refractivity contribution in [3.8, 4) is 11.5 Å². The zero-order chi connectivity index (χ0) is 38.4. The summed E-state index contributed by atoms with van der Waals surface area (Å²) in [5.74, 6) is 0.338. The number of aliphatic hydroxyl groups is 1. The largest absolute Gasteiger partial charge is 0.513 e. The number of para-hydroxylation sites is 1. The molecular weight excluding hydrogens is 698 g/mol. The van der Waals surface area contributed by atoms with Crippen molar-refractivity contribution < 1.29 is 38.5 Å². The lowest BCUT2D eigenvalue weighted by Gasteiger charge is -2.37. The van der Waals surface area contributed by atoms with Gasteiger partial charge in [0.05, 0.1) is 24.7 Å². The van der Waals surface area contributed by atoms with E-state index in [2.05, 4.69) is 4.98 Å². The summed E-state index contributed by atoms with van der Waals surface area (Å²) in [7, 11) is 1.57. The first-order valence-corrected chi connectivity index (χ1v) is 17.2. The van der Waals surface area contributed by atoms with E-state index < -0.39 is 52.3 Å². The fourth-order valence-electron chi connectivity index (χ4n) is 6.53. The second-order valence-electron chi connectivity index (χ2n) is 12.9. The summed E-state index contributed by atoms with van der Waals surface area (Å²) >= 11 is 0. The Morgan fingerprint density at radius 3 is 2.22 bits per heavy atom. The number of ether oxygens (including phenoxy) is 5. The molecule has 0 saturated carbocycles. The van der Waals surface area contributed by atoms with Gasteiger partial charge in [0.1, 0.15) is 36.0 Å². The van der Waals surface area contributed by atoms with Crippen LogP contribution in [-0.4, -0.2) is 58.3 Å². The van der Waals surface area contributed by atoms with E-state index in [1.165, 1.54) is 16.8 Å². The first-order valence-electron chi connectivity index (χ1n) is 17.2. The number of aliphatic hydroxyl groups excluding tert-OH is 1. The summed E-state index contributed by atoms with van der Waals surface area (Å²) in [6.45, 7) is 3.03. The number of hydrogen-bond acceptors (Lipinski definition) is 11. The zero-order valence-electron chi connectivity index (χ0n) is 29.7. The molecule has 0 radical (unpaired) electrons. The summed E-state index contributed by atoms with van der Waals surface area (Å²) in [5.41, 5.74) is 0.340. The van der Waals surface area contributed by atoms with Crippen molar-refractivity contribution in [2.24, 2.45) is 0 Å². The van der Waals surface area contributed by atoms with Crippen molar-refractivity contribution in [1.82, 2.24) is 9.55 Å². The second kappa shape index (κ2) is 16.3. The molecule has 1 fully saturated rings. The maximum atomic E-state index is 12.7. The molecule has 2 unspecified atom stereocenters. The number of aryl methyl sites for hydroxylation is 1. The maximum absolute atomic E-state index is 12.7. The van der Waals surface area contributed by atoms with Crippen LogP contribution in [0.3, 0.4) is 0 Å². The lowest BCUT2D eigenvalue weighted by Crippen LogP contribution is -2.38. The van der Waals surface area contributed by atoms with Gasteiger partial charge in [0, 0.05) is 35.7 Å². The molecule has 0 spiro atoms. The van der Waals surface area contributed by atoms with Gasteiger partial charge >= 0.3 is 11.8 Å². The fraction of sp³-hybridized carbons (Fsp3) is 0.275. The zero-order valence-corrected chi connectivity index (χ0v) is 29.7. The number of H-pyrrole nitrogens is 1. The van der Waals surface area contributed by atoms with Gasteiger partial charge in [0.2, 0.25) is 0 Å². The number of nitrogens with zero attached hydrogens (tertiary/aromatic N) is 2. The minimum absolute atomic E-state index is 0.0633. The van der Waals surface area contributed by atoms with Gasteiger partial charge in [-0.2, -0.15) is 0 Å². The first-order chi connectivity index (χ1) is 26.0. The number of nitro groups is 1. The number of aromatic amines is 1. The molecule has 6 rings (SSSR count). The highest BCUT2D eigenvalue weighted by Gasteiger charge is 2.42. The average molecular weight is 738 g/mol. The molecule has 14 heteroatoms. The van der Waals surface area contributed by atoms with Gasteiger partial charge in [-0.05, 0) is 47.9 Å². The smallest absolute Gasteiger partial charge is 0.497 e. The Morgan fingerprint density at radius 1 is 0.963 bits per heavy atom. The average Bonchev–Trinajstić information content (AvgIpc) is 3.56. The summed E-state index contributed by atoms with van der Waals surface area (Å²) in [4.78, 5) is 50.5. The van der Waals surface area contributed by atoms with Crippen molar-refractivity contribution in [2.45, 2.75) is 50.2 Å². The molecule has 1 aliphatic heterocycles. The predicted molar refractivity (Wildman–Crippen MR) is 196 cm³/mol. The van der Waals surface area contributed by atoms with E-state index in [1.54, 1.807) is 75.6 Å². The number of rotatable bonds is 13. The number of benzene rings is 4. The van der Waals surface area contributed by atoms with Crippen LogP contribution in [0.1, 0.15) is 53.3 Å². The minimum atomic E-state index is -1.29. The first kappa shape index (κ1) is 37.7. The third-order valence-corrected chi connectivity index (χ3v) is 9.38. The van der Waals surface area contributed by atoms with Crippen LogP contribution < -0.4 is 20.7 Å². The van der Waals surface area contributed by atoms with Gasteiger partial charge in [-0.1, -0.05) is 79.7 Å². The van der Waals surface area contributed by atoms with E-state index in [-0.39, 0.29) is 31.1 Å². The Kier molecular flexibility index (Phi) is 11.4. The molecule has 5 atom stereocenters. The van der Waals surface area contributed by atoms with Gasteiger partial charge < -0.3 is 28.8 Å². The highest BCUT2D eigenvalue weighted by Crippen LogP contribution is 2.43. The van der Waals surface area contributed by atoms with Crippen LogP contribution in [0.2, 0.25) is 0 Å². The minimum Gasteiger partial charge on any atom is -0.497 e. The van der Waals surface area contributed by atoms with E-state index in [0.717, 1.165) is 5.56 Å². The summed E-state index contributed by atoms with van der Waals surface area (Å²) in [5, 5.41) is 22.6.